The highest BCUT2D eigenvalue weighted by atomic mass is 35.5. The van der Waals surface area contributed by atoms with Gasteiger partial charge in [-0.25, -0.2) is 4.90 Å². The summed E-state index contributed by atoms with van der Waals surface area (Å²) in [6, 6.07) is 21.3. The molecule has 3 aromatic rings. The van der Waals surface area contributed by atoms with E-state index >= 15 is 0 Å². The molecule has 0 aromatic heterocycles. The van der Waals surface area contributed by atoms with E-state index in [-0.39, 0.29) is 11.3 Å². The van der Waals surface area contributed by atoms with Crippen LogP contribution in [0.25, 0.3) is 5.57 Å². The fraction of sp³-hybridized carbons (Fsp3) is 0.120. The molecule has 162 valence electrons. The number of ether oxygens (including phenoxy) is 1. The van der Waals surface area contributed by atoms with Crippen LogP contribution in [0.1, 0.15) is 5.56 Å². The summed E-state index contributed by atoms with van der Waals surface area (Å²) in [5.41, 5.74) is 3.25. The van der Waals surface area contributed by atoms with Gasteiger partial charge < -0.3 is 15.0 Å². The van der Waals surface area contributed by atoms with Gasteiger partial charge in [-0.3, -0.25) is 9.59 Å². The number of nitrogens with zero attached hydrogens (tertiary/aromatic N) is 2. The Bertz CT molecular complexity index is 1200. The van der Waals surface area contributed by atoms with Crippen LogP contribution in [0.2, 0.25) is 5.02 Å². The minimum Gasteiger partial charge on any atom is -0.497 e. The standard InChI is InChI=1S/C25H22ClN3O3/c1-28(2)19-13-11-18(12-14-19)27-23-22(16-7-9-17(26)10-8-16)24(30)29(25(23)31)20-5-4-6-21(15-20)32-3/h4-15,27H,1-3H3. The fourth-order valence-electron chi connectivity index (χ4n) is 3.50. The van der Waals surface area contributed by atoms with E-state index in [0.29, 0.717) is 27.7 Å². The van der Waals surface area contributed by atoms with Crippen LogP contribution in [-0.2, 0) is 9.59 Å². The maximum Gasteiger partial charge on any atom is 0.282 e. The Labute approximate surface area is 191 Å². The van der Waals surface area contributed by atoms with Gasteiger partial charge in [0.05, 0.1) is 18.4 Å². The van der Waals surface area contributed by atoms with Crippen molar-refractivity contribution in [2.45, 2.75) is 0 Å². The maximum absolute atomic E-state index is 13.5. The molecule has 1 heterocycles. The summed E-state index contributed by atoms with van der Waals surface area (Å²) < 4.78 is 5.27. The van der Waals surface area contributed by atoms with Gasteiger partial charge in [-0.2, -0.15) is 0 Å². The van der Waals surface area contributed by atoms with Gasteiger partial charge >= 0.3 is 0 Å². The number of carbonyl (C=O) groups is 2. The van der Waals surface area contributed by atoms with Crippen LogP contribution in [0.15, 0.2) is 78.5 Å². The second-order valence-corrected chi connectivity index (χ2v) is 7.91. The zero-order valence-corrected chi connectivity index (χ0v) is 18.7. The van der Waals surface area contributed by atoms with E-state index in [1.165, 1.54) is 7.11 Å². The molecule has 0 atom stereocenters. The number of halogens is 1. The summed E-state index contributed by atoms with van der Waals surface area (Å²) in [4.78, 5) is 30.1. The fourth-order valence-corrected chi connectivity index (χ4v) is 3.63. The van der Waals surface area contributed by atoms with Crippen LogP contribution in [0, 0.1) is 0 Å². The third-order valence-corrected chi connectivity index (χ3v) is 5.43. The molecule has 1 N–H and O–H groups in total. The van der Waals surface area contributed by atoms with Gasteiger partial charge in [0.2, 0.25) is 0 Å². The number of anilines is 3. The Morgan fingerprint density at radius 1 is 0.906 bits per heavy atom. The number of imide groups is 1. The maximum atomic E-state index is 13.5. The summed E-state index contributed by atoms with van der Waals surface area (Å²) in [6.45, 7) is 0. The van der Waals surface area contributed by atoms with Gasteiger partial charge in [-0.15, -0.1) is 0 Å². The Hall–Kier alpha value is -3.77. The van der Waals surface area contributed by atoms with Gasteiger partial charge in [0.15, 0.2) is 0 Å². The van der Waals surface area contributed by atoms with E-state index < -0.39 is 11.8 Å². The summed E-state index contributed by atoms with van der Waals surface area (Å²) >= 11 is 6.04. The van der Waals surface area contributed by atoms with E-state index in [2.05, 4.69) is 5.32 Å². The molecule has 0 fully saturated rings. The van der Waals surface area contributed by atoms with Gasteiger partial charge in [0.25, 0.3) is 11.8 Å². The van der Waals surface area contributed by atoms with Gasteiger partial charge in [-0.1, -0.05) is 29.8 Å². The average molecular weight is 448 g/mol. The molecule has 0 bridgehead atoms. The number of methoxy groups -OCH3 is 1. The van der Waals surface area contributed by atoms with Crippen molar-refractivity contribution in [3.63, 3.8) is 0 Å². The van der Waals surface area contributed by atoms with Crippen molar-refractivity contribution in [1.29, 1.82) is 0 Å². The van der Waals surface area contributed by atoms with Gasteiger partial charge in [-0.05, 0) is 54.1 Å². The van der Waals surface area contributed by atoms with E-state index in [4.69, 9.17) is 16.3 Å². The molecule has 1 aliphatic rings. The molecule has 7 heteroatoms. The van der Waals surface area contributed by atoms with Crippen LogP contribution in [-0.4, -0.2) is 33.0 Å². The van der Waals surface area contributed by atoms with Crippen molar-refractivity contribution in [2.75, 3.05) is 36.3 Å². The minimum atomic E-state index is -0.440. The Morgan fingerprint density at radius 2 is 1.59 bits per heavy atom. The van der Waals surface area contributed by atoms with Gasteiger partial charge in [0.1, 0.15) is 11.4 Å². The normalized spacial score (nSPS) is 13.6. The largest absolute Gasteiger partial charge is 0.497 e. The van der Waals surface area contributed by atoms with Crippen molar-refractivity contribution >= 4 is 46.1 Å². The molecule has 0 unspecified atom stereocenters. The first-order valence-electron chi connectivity index (χ1n) is 9.96. The van der Waals surface area contributed by atoms with Crippen molar-refractivity contribution in [3.8, 4) is 5.75 Å². The minimum absolute atomic E-state index is 0.206. The summed E-state index contributed by atoms with van der Waals surface area (Å²) in [6.07, 6.45) is 0. The van der Waals surface area contributed by atoms with Crippen LogP contribution < -0.4 is 19.9 Å². The molecule has 0 saturated heterocycles. The first-order chi connectivity index (χ1) is 15.4. The molecular formula is C25H22ClN3O3. The summed E-state index contributed by atoms with van der Waals surface area (Å²) in [5.74, 6) is -0.306. The van der Waals surface area contributed by atoms with Crippen molar-refractivity contribution in [1.82, 2.24) is 0 Å². The number of carbonyl (C=O) groups excluding carboxylic acids is 2. The third-order valence-electron chi connectivity index (χ3n) is 5.18. The quantitative estimate of drug-likeness (QED) is 0.549. The van der Waals surface area contributed by atoms with Crippen LogP contribution >= 0.6 is 11.6 Å². The van der Waals surface area contributed by atoms with Crippen LogP contribution in [0.5, 0.6) is 5.75 Å². The highest BCUT2D eigenvalue weighted by Gasteiger charge is 2.40. The molecule has 0 aliphatic carbocycles. The zero-order valence-electron chi connectivity index (χ0n) is 17.9. The molecular weight excluding hydrogens is 426 g/mol. The number of benzene rings is 3. The monoisotopic (exact) mass is 447 g/mol. The van der Waals surface area contributed by atoms with Crippen molar-refractivity contribution < 1.29 is 14.3 Å². The predicted molar refractivity (Wildman–Crippen MR) is 128 cm³/mol. The first-order valence-corrected chi connectivity index (χ1v) is 10.3. The lowest BCUT2D eigenvalue weighted by atomic mass is 10.0. The van der Waals surface area contributed by atoms with Crippen molar-refractivity contribution in [2.24, 2.45) is 0 Å². The molecule has 6 nitrogen and oxygen atoms in total. The van der Waals surface area contributed by atoms with E-state index in [0.717, 1.165) is 10.6 Å². The lowest BCUT2D eigenvalue weighted by Crippen LogP contribution is -2.32. The Kier molecular flexibility index (Phi) is 5.88. The average Bonchev–Trinajstić information content (AvgIpc) is 3.04. The first kappa shape index (κ1) is 21.5. The molecule has 4 rings (SSSR count). The molecule has 3 aromatic carbocycles. The topological polar surface area (TPSA) is 61.9 Å². The zero-order chi connectivity index (χ0) is 22.8. The van der Waals surface area contributed by atoms with Crippen LogP contribution in [0.3, 0.4) is 0 Å². The highest BCUT2D eigenvalue weighted by molar-refractivity contribution is 6.46. The lowest BCUT2D eigenvalue weighted by Gasteiger charge is -2.16. The Balaban J connectivity index is 1.78. The number of amides is 2. The SMILES string of the molecule is COc1cccc(N2C(=O)C(Nc3ccc(N(C)C)cc3)=C(c3ccc(Cl)cc3)C2=O)c1. The molecule has 0 saturated carbocycles. The number of hydrogen-bond acceptors (Lipinski definition) is 5. The van der Waals surface area contributed by atoms with E-state index in [1.54, 1.807) is 48.5 Å². The highest BCUT2D eigenvalue weighted by Crippen LogP contribution is 2.35. The molecule has 1 aliphatic heterocycles. The van der Waals surface area contributed by atoms with Crippen molar-refractivity contribution in [3.05, 3.63) is 89.1 Å². The molecule has 0 radical (unpaired) electrons. The number of rotatable bonds is 6. The second kappa shape index (κ2) is 8.77. The molecule has 2 amide bonds. The molecule has 32 heavy (non-hydrogen) atoms. The number of hydrogen-bond donors (Lipinski definition) is 1. The second-order valence-electron chi connectivity index (χ2n) is 7.47. The Morgan fingerprint density at radius 3 is 2.22 bits per heavy atom. The summed E-state index contributed by atoms with van der Waals surface area (Å²) in [7, 11) is 5.44. The van der Waals surface area contributed by atoms with Crippen LogP contribution in [0.4, 0.5) is 17.1 Å². The van der Waals surface area contributed by atoms with Gasteiger partial charge in [0, 0.05) is 36.6 Å². The smallest absolute Gasteiger partial charge is 0.282 e. The third kappa shape index (κ3) is 4.05. The molecule has 0 spiro atoms. The predicted octanol–water partition coefficient (Wildman–Crippen LogP) is 4.81. The summed E-state index contributed by atoms with van der Waals surface area (Å²) in [5, 5.41) is 3.71. The number of nitrogens with one attached hydrogen (secondary N) is 1. The lowest BCUT2D eigenvalue weighted by molar-refractivity contribution is -0.120. The van der Waals surface area contributed by atoms with E-state index in [1.807, 2.05) is 43.3 Å². The van der Waals surface area contributed by atoms with E-state index in [9.17, 15) is 9.59 Å².